The molecule has 0 spiro atoms. The third-order valence-electron chi connectivity index (χ3n) is 2.45. The molecule has 19 heavy (non-hydrogen) atoms. The second-order valence-corrected chi connectivity index (χ2v) is 5.07. The van der Waals surface area contributed by atoms with E-state index in [2.05, 4.69) is 5.32 Å². The number of thioether (sulfide) groups is 1. The van der Waals surface area contributed by atoms with Crippen molar-refractivity contribution in [3.8, 4) is 0 Å². The minimum absolute atomic E-state index is 0.00120. The number of nitrogens with zero attached hydrogens (tertiary/aromatic N) is 1. The van der Waals surface area contributed by atoms with Gasteiger partial charge < -0.3 is 11.1 Å². The van der Waals surface area contributed by atoms with Crippen molar-refractivity contribution in [1.82, 2.24) is 0 Å². The molecular weight excluding hydrogens is 266 g/mol. The number of carbonyl (C=O) groups is 1. The molecule has 0 heterocycles. The van der Waals surface area contributed by atoms with Crippen LogP contribution in [0.4, 0.5) is 11.4 Å². The lowest BCUT2D eigenvalue weighted by Gasteiger charge is -2.08. The van der Waals surface area contributed by atoms with Gasteiger partial charge in [0, 0.05) is 29.6 Å². The Morgan fingerprint density at radius 2 is 2.11 bits per heavy atom. The third kappa shape index (κ3) is 5.71. The maximum Gasteiger partial charge on any atom is 0.269 e. The first-order valence-electron chi connectivity index (χ1n) is 5.90. The van der Waals surface area contributed by atoms with Crippen molar-refractivity contribution in [2.75, 3.05) is 16.8 Å². The van der Waals surface area contributed by atoms with Crippen LogP contribution in [0.5, 0.6) is 0 Å². The van der Waals surface area contributed by atoms with E-state index in [1.54, 1.807) is 0 Å². The predicted molar refractivity (Wildman–Crippen MR) is 77.3 cm³/mol. The number of benzene rings is 1. The summed E-state index contributed by atoms with van der Waals surface area (Å²) in [5.41, 5.74) is 6.29. The van der Waals surface area contributed by atoms with Crippen LogP contribution < -0.4 is 11.1 Å². The average Bonchev–Trinajstić information content (AvgIpc) is 2.39. The van der Waals surface area contributed by atoms with Gasteiger partial charge in [0.25, 0.3) is 5.69 Å². The molecule has 6 nitrogen and oxygen atoms in total. The Labute approximate surface area is 115 Å². The summed E-state index contributed by atoms with van der Waals surface area (Å²) in [5.74, 6) is 0.927. The molecule has 3 N–H and O–H groups in total. The number of nitro benzene ring substituents is 1. The number of nitrogens with two attached hydrogens (primary N) is 1. The molecule has 1 rings (SSSR count). The van der Waals surface area contributed by atoms with Crippen molar-refractivity contribution < 1.29 is 9.72 Å². The standard InChI is InChI=1S/C12H17N3O3S/c1-2-9(13)7-19-8-12(16)14-10-3-5-11(6-4-10)15(17)18/h3-6,9H,2,7-8,13H2,1H3,(H,14,16). The molecule has 1 amide bonds. The Morgan fingerprint density at radius 3 is 2.63 bits per heavy atom. The SMILES string of the molecule is CCC(N)CSCC(=O)Nc1ccc([N+](=O)[O-])cc1. The van der Waals surface area contributed by atoms with E-state index in [-0.39, 0.29) is 17.6 Å². The minimum Gasteiger partial charge on any atom is -0.327 e. The normalized spacial score (nSPS) is 11.9. The summed E-state index contributed by atoms with van der Waals surface area (Å²) in [7, 11) is 0. The number of non-ortho nitro benzene ring substituents is 1. The first-order chi connectivity index (χ1) is 9.02. The zero-order valence-electron chi connectivity index (χ0n) is 10.7. The van der Waals surface area contributed by atoms with Gasteiger partial charge in [-0.3, -0.25) is 14.9 Å². The van der Waals surface area contributed by atoms with Gasteiger partial charge in [-0.15, -0.1) is 0 Å². The molecule has 7 heteroatoms. The molecule has 0 aliphatic carbocycles. The fraction of sp³-hybridized carbons (Fsp3) is 0.417. The lowest BCUT2D eigenvalue weighted by atomic mass is 10.3. The van der Waals surface area contributed by atoms with E-state index in [0.29, 0.717) is 11.4 Å². The van der Waals surface area contributed by atoms with Crippen LogP contribution in [0, 0.1) is 10.1 Å². The average molecular weight is 283 g/mol. The molecule has 1 atom stereocenters. The number of hydrogen-bond donors (Lipinski definition) is 2. The first-order valence-corrected chi connectivity index (χ1v) is 7.06. The van der Waals surface area contributed by atoms with Gasteiger partial charge in [-0.2, -0.15) is 11.8 Å². The molecule has 1 aromatic rings. The highest BCUT2D eigenvalue weighted by molar-refractivity contribution is 8.00. The monoisotopic (exact) mass is 283 g/mol. The zero-order valence-corrected chi connectivity index (χ0v) is 11.5. The van der Waals surface area contributed by atoms with Crippen molar-refractivity contribution in [1.29, 1.82) is 0 Å². The molecule has 0 aromatic heterocycles. The van der Waals surface area contributed by atoms with Crippen LogP contribution in [0.1, 0.15) is 13.3 Å². The van der Waals surface area contributed by atoms with Gasteiger partial charge in [-0.1, -0.05) is 6.92 Å². The fourth-order valence-electron chi connectivity index (χ4n) is 1.28. The molecule has 0 bridgehead atoms. The third-order valence-corrected chi connectivity index (χ3v) is 3.58. The highest BCUT2D eigenvalue weighted by atomic mass is 32.2. The molecule has 0 saturated heterocycles. The Hall–Kier alpha value is -1.60. The first kappa shape index (κ1) is 15.5. The van der Waals surface area contributed by atoms with Crippen LogP contribution >= 0.6 is 11.8 Å². The van der Waals surface area contributed by atoms with Crippen molar-refractivity contribution >= 4 is 29.0 Å². The highest BCUT2D eigenvalue weighted by Gasteiger charge is 2.07. The van der Waals surface area contributed by atoms with Gasteiger partial charge in [0.1, 0.15) is 0 Å². The number of anilines is 1. The molecule has 104 valence electrons. The van der Waals surface area contributed by atoms with E-state index in [9.17, 15) is 14.9 Å². The predicted octanol–water partition coefficient (Wildman–Crippen LogP) is 2.00. The summed E-state index contributed by atoms with van der Waals surface area (Å²) in [5, 5.41) is 13.1. The summed E-state index contributed by atoms with van der Waals surface area (Å²) in [4.78, 5) is 21.6. The number of nitrogens with one attached hydrogen (secondary N) is 1. The topological polar surface area (TPSA) is 98.3 Å². The van der Waals surface area contributed by atoms with Crippen LogP contribution in [0.3, 0.4) is 0 Å². The Bertz CT molecular complexity index is 436. The molecule has 1 unspecified atom stereocenters. The second kappa shape index (κ2) is 7.75. The number of carbonyl (C=O) groups excluding carboxylic acids is 1. The lowest BCUT2D eigenvalue weighted by molar-refractivity contribution is -0.384. The van der Waals surface area contributed by atoms with E-state index in [1.165, 1.54) is 36.0 Å². The second-order valence-electron chi connectivity index (χ2n) is 4.04. The van der Waals surface area contributed by atoms with E-state index in [1.807, 2.05) is 6.92 Å². The van der Waals surface area contributed by atoms with Crippen LogP contribution in [-0.4, -0.2) is 28.4 Å². The smallest absolute Gasteiger partial charge is 0.269 e. The Morgan fingerprint density at radius 1 is 1.47 bits per heavy atom. The molecule has 1 aromatic carbocycles. The van der Waals surface area contributed by atoms with E-state index >= 15 is 0 Å². The van der Waals surface area contributed by atoms with Crippen LogP contribution in [-0.2, 0) is 4.79 Å². The zero-order chi connectivity index (χ0) is 14.3. The maximum atomic E-state index is 11.6. The van der Waals surface area contributed by atoms with Gasteiger partial charge in [0.15, 0.2) is 0 Å². The lowest BCUT2D eigenvalue weighted by Crippen LogP contribution is -2.23. The fourth-order valence-corrected chi connectivity index (χ4v) is 2.20. The molecule has 0 fully saturated rings. The summed E-state index contributed by atoms with van der Waals surface area (Å²) in [6.45, 7) is 2.00. The van der Waals surface area contributed by atoms with Crippen LogP contribution in [0.25, 0.3) is 0 Å². The van der Waals surface area contributed by atoms with Crippen molar-refractivity contribution in [3.63, 3.8) is 0 Å². The van der Waals surface area contributed by atoms with Gasteiger partial charge in [0.2, 0.25) is 5.91 Å². The summed E-state index contributed by atoms with van der Waals surface area (Å²) >= 11 is 1.48. The minimum atomic E-state index is -0.479. The number of nitro groups is 1. The summed E-state index contributed by atoms with van der Waals surface area (Å²) in [6.07, 6.45) is 0.886. The van der Waals surface area contributed by atoms with Crippen molar-refractivity contribution in [3.05, 3.63) is 34.4 Å². The molecule has 0 saturated carbocycles. The van der Waals surface area contributed by atoms with E-state index in [4.69, 9.17) is 5.73 Å². The molecule has 0 aliphatic heterocycles. The molecule has 0 radical (unpaired) electrons. The van der Waals surface area contributed by atoms with Gasteiger partial charge in [-0.05, 0) is 18.6 Å². The van der Waals surface area contributed by atoms with Crippen LogP contribution in [0.15, 0.2) is 24.3 Å². The quantitative estimate of drug-likeness (QED) is 0.589. The Balaban J connectivity index is 2.38. The van der Waals surface area contributed by atoms with Crippen molar-refractivity contribution in [2.45, 2.75) is 19.4 Å². The van der Waals surface area contributed by atoms with Crippen LogP contribution in [0.2, 0.25) is 0 Å². The van der Waals surface area contributed by atoms with Gasteiger partial charge in [0.05, 0.1) is 10.7 Å². The summed E-state index contributed by atoms with van der Waals surface area (Å²) < 4.78 is 0. The number of rotatable bonds is 7. The summed E-state index contributed by atoms with van der Waals surface area (Å²) in [6, 6.07) is 5.85. The highest BCUT2D eigenvalue weighted by Crippen LogP contribution is 2.15. The largest absolute Gasteiger partial charge is 0.327 e. The number of hydrogen-bond acceptors (Lipinski definition) is 5. The Kier molecular flexibility index (Phi) is 6.31. The maximum absolute atomic E-state index is 11.6. The van der Waals surface area contributed by atoms with Gasteiger partial charge >= 0.3 is 0 Å². The number of amides is 1. The molecule has 0 aliphatic rings. The van der Waals surface area contributed by atoms with Crippen molar-refractivity contribution in [2.24, 2.45) is 5.73 Å². The van der Waals surface area contributed by atoms with Gasteiger partial charge in [-0.25, -0.2) is 0 Å². The van der Waals surface area contributed by atoms with E-state index < -0.39 is 4.92 Å². The molecular formula is C12H17N3O3S. The van der Waals surface area contributed by atoms with E-state index in [0.717, 1.165) is 12.2 Å².